The first kappa shape index (κ1) is 22.6. The van der Waals surface area contributed by atoms with Crippen molar-refractivity contribution >= 4 is 10.0 Å². The van der Waals surface area contributed by atoms with E-state index >= 15 is 0 Å². The van der Waals surface area contributed by atoms with E-state index in [1.807, 2.05) is 38.2 Å². The molecular formula is C22H30N2O5S. The van der Waals surface area contributed by atoms with Gasteiger partial charge >= 0.3 is 0 Å². The largest absolute Gasteiger partial charge is 0.492 e. The highest BCUT2D eigenvalue weighted by atomic mass is 32.2. The van der Waals surface area contributed by atoms with Gasteiger partial charge < -0.3 is 14.2 Å². The van der Waals surface area contributed by atoms with E-state index in [-0.39, 0.29) is 4.90 Å². The van der Waals surface area contributed by atoms with Crippen molar-refractivity contribution in [2.75, 3.05) is 59.7 Å². The Kier molecular flexibility index (Phi) is 8.09. The van der Waals surface area contributed by atoms with Gasteiger partial charge in [-0.2, -0.15) is 4.31 Å². The number of benzene rings is 2. The van der Waals surface area contributed by atoms with Crippen LogP contribution < -0.4 is 9.47 Å². The van der Waals surface area contributed by atoms with Crippen molar-refractivity contribution in [3.8, 4) is 11.5 Å². The minimum absolute atomic E-state index is 0.280. The number of hydrogen-bond acceptors (Lipinski definition) is 6. The second-order valence-electron chi connectivity index (χ2n) is 7.30. The van der Waals surface area contributed by atoms with Crippen LogP contribution in [0.1, 0.15) is 5.56 Å². The average molecular weight is 435 g/mol. The van der Waals surface area contributed by atoms with Crippen LogP contribution in [0.4, 0.5) is 0 Å². The van der Waals surface area contributed by atoms with Crippen molar-refractivity contribution in [2.24, 2.45) is 0 Å². The maximum absolute atomic E-state index is 12.6. The van der Waals surface area contributed by atoms with E-state index in [4.69, 9.17) is 14.2 Å². The molecule has 0 spiro atoms. The Morgan fingerprint density at radius 3 is 2.23 bits per heavy atom. The molecule has 0 atom stereocenters. The molecule has 1 heterocycles. The lowest BCUT2D eigenvalue weighted by Gasteiger charge is -2.26. The van der Waals surface area contributed by atoms with E-state index in [0.29, 0.717) is 45.3 Å². The molecule has 0 saturated carbocycles. The van der Waals surface area contributed by atoms with Crippen molar-refractivity contribution in [1.82, 2.24) is 9.21 Å². The van der Waals surface area contributed by atoms with E-state index in [0.717, 1.165) is 18.8 Å². The van der Waals surface area contributed by atoms with E-state index in [1.165, 1.54) is 9.87 Å². The second kappa shape index (κ2) is 10.8. The highest BCUT2D eigenvalue weighted by Gasteiger charge is 2.26. The second-order valence-corrected chi connectivity index (χ2v) is 9.24. The molecule has 2 aromatic carbocycles. The molecule has 0 aliphatic carbocycles. The summed E-state index contributed by atoms with van der Waals surface area (Å²) < 4.78 is 43.5. The van der Waals surface area contributed by atoms with Crippen LogP contribution in [0.2, 0.25) is 0 Å². The normalized spacial score (nSPS) is 15.3. The third-order valence-corrected chi connectivity index (χ3v) is 6.82. The number of likely N-dealkylation sites (N-methyl/N-ethyl adjacent to an activating group) is 1. The van der Waals surface area contributed by atoms with Crippen LogP contribution in [0.5, 0.6) is 11.5 Å². The van der Waals surface area contributed by atoms with Gasteiger partial charge in [-0.1, -0.05) is 12.1 Å². The van der Waals surface area contributed by atoms with E-state index in [1.54, 1.807) is 24.3 Å². The quantitative estimate of drug-likeness (QED) is 0.572. The van der Waals surface area contributed by atoms with E-state index < -0.39 is 10.0 Å². The lowest BCUT2D eigenvalue weighted by Crippen LogP contribution is -2.40. The summed E-state index contributed by atoms with van der Waals surface area (Å²) in [4.78, 5) is 2.41. The molecule has 1 fully saturated rings. The van der Waals surface area contributed by atoms with Gasteiger partial charge in [-0.15, -0.1) is 0 Å². The topological polar surface area (TPSA) is 68.3 Å². The fourth-order valence-electron chi connectivity index (χ4n) is 3.10. The van der Waals surface area contributed by atoms with Crippen LogP contribution >= 0.6 is 0 Å². The molecule has 1 aliphatic heterocycles. The van der Waals surface area contributed by atoms with Gasteiger partial charge in [0.15, 0.2) is 0 Å². The average Bonchev–Trinajstić information content (AvgIpc) is 2.75. The minimum atomic E-state index is -3.47. The lowest BCUT2D eigenvalue weighted by molar-refractivity contribution is 0.0730. The predicted molar refractivity (Wildman–Crippen MR) is 116 cm³/mol. The summed E-state index contributed by atoms with van der Waals surface area (Å²) >= 11 is 0. The Hall–Kier alpha value is -2.13. The van der Waals surface area contributed by atoms with Crippen LogP contribution in [-0.2, 0) is 14.8 Å². The molecule has 0 bridgehead atoms. The highest BCUT2D eigenvalue weighted by molar-refractivity contribution is 7.89. The molecule has 8 heteroatoms. The zero-order valence-electron chi connectivity index (χ0n) is 17.6. The minimum Gasteiger partial charge on any atom is -0.492 e. The number of hydrogen-bond donors (Lipinski definition) is 0. The molecule has 0 unspecified atom stereocenters. The number of ether oxygens (including phenoxy) is 3. The molecule has 7 nitrogen and oxygen atoms in total. The third kappa shape index (κ3) is 6.43. The fraction of sp³-hybridized carbons (Fsp3) is 0.455. The number of aryl methyl sites for hydroxylation is 1. The summed E-state index contributed by atoms with van der Waals surface area (Å²) in [6, 6.07) is 14.6. The summed E-state index contributed by atoms with van der Waals surface area (Å²) in [6.07, 6.45) is 0. The molecule has 30 heavy (non-hydrogen) atoms. The van der Waals surface area contributed by atoms with Crippen molar-refractivity contribution in [3.05, 3.63) is 54.1 Å². The third-order valence-electron chi connectivity index (χ3n) is 4.90. The lowest BCUT2D eigenvalue weighted by atomic mass is 10.2. The van der Waals surface area contributed by atoms with Gasteiger partial charge in [-0.05, 0) is 55.9 Å². The smallest absolute Gasteiger partial charge is 0.243 e. The summed E-state index contributed by atoms with van der Waals surface area (Å²) in [6.45, 7) is 6.33. The molecule has 0 aromatic heterocycles. The summed E-state index contributed by atoms with van der Waals surface area (Å²) in [5.74, 6) is 1.53. The highest BCUT2D eigenvalue weighted by Crippen LogP contribution is 2.20. The van der Waals surface area contributed by atoms with Gasteiger partial charge in [0.2, 0.25) is 10.0 Å². The van der Waals surface area contributed by atoms with E-state index in [2.05, 4.69) is 4.90 Å². The molecule has 2 aromatic rings. The fourth-order valence-corrected chi connectivity index (χ4v) is 4.51. The van der Waals surface area contributed by atoms with Crippen molar-refractivity contribution < 1.29 is 22.6 Å². The summed E-state index contributed by atoms with van der Waals surface area (Å²) in [5.41, 5.74) is 1.18. The van der Waals surface area contributed by atoms with Crippen LogP contribution in [0.25, 0.3) is 0 Å². The number of rotatable bonds is 10. The molecule has 0 radical (unpaired) electrons. The number of nitrogens with zero attached hydrogens (tertiary/aromatic N) is 2. The van der Waals surface area contributed by atoms with Gasteiger partial charge in [0.25, 0.3) is 0 Å². The van der Waals surface area contributed by atoms with Crippen molar-refractivity contribution in [3.63, 3.8) is 0 Å². The van der Waals surface area contributed by atoms with E-state index in [9.17, 15) is 8.42 Å². The van der Waals surface area contributed by atoms with Crippen molar-refractivity contribution in [2.45, 2.75) is 11.8 Å². The van der Waals surface area contributed by atoms with Gasteiger partial charge in [-0.3, -0.25) is 4.90 Å². The SMILES string of the molecule is Cc1cccc(OCCN(C)CCOc2ccc(S(=O)(=O)N3CCOCC3)cc2)c1. The molecule has 0 N–H and O–H groups in total. The molecule has 0 amide bonds. The molecular weight excluding hydrogens is 404 g/mol. The van der Waals surface area contributed by atoms with Gasteiger partial charge in [-0.25, -0.2) is 8.42 Å². The number of morpholine rings is 1. The summed E-state index contributed by atoms with van der Waals surface area (Å²) in [5, 5.41) is 0. The monoisotopic (exact) mass is 434 g/mol. The predicted octanol–water partition coefficient (Wildman–Crippen LogP) is 2.41. The zero-order valence-corrected chi connectivity index (χ0v) is 18.4. The first-order chi connectivity index (χ1) is 14.4. The Bertz CT molecular complexity index is 896. The Morgan fingerprint density at radius 1 is 0.967 bits per heavy atom. The molecule has 3 rings (SSSR count). The van der Waals surface area contributed by atoms with Crippen LogP contribution in [0.3, 0.4) is 0 Å². The summed E-state index contributed by atoms with van der Waals surface area (Å²) in [7, 11) is -1.46. The first-order valence-corrected chi connectivity index (χ1v) is 11.6. The maximum atomic E-state index is 12.6. The molecule has 1 aliphatic rings. The Morgan fingerprint density at radius 2 is 1.60 bits per heavy atom. The van der Waals surface area contributed by atoms with Crippen LogP contribution in [-0.4, -0.2) is 77.3 Å². The maximum Gasteiger partial charge on any atom is 0.243 e. The van der Waals surface area contributed by atoms with Gasteiger partial charge in [0.1, 0.15) is 24.7 Å². The number of sulfonamides is 1. The van der Waals surface area contributed by atoms with Crippen molar-refractivity contribution in [1.29, 1.82) is 0 Å². The Labute approximate surface area is 179 Å². The zero-order chi connectivity index (χ0) is 21.4. The Balaban J connectivity index is 1.39. The molecule has 164 valence electrons. The molecule has 1 saturated heterocycles. The first-order valence-electron chi connectivity index (χ1n) is 10.1. The van der Waals surface area contributed by atoms with Crippen LogP contribution in [0.15, 0.2) is 53.4 Å². The van der Waals surface area contributed by atoms with Crippen LogP contribution in [0, 0.1) is 6.92 Å². The van der Waals surface area contributed by atoms with Gasteiger partial charge in [0, 0.05) is 26.2 Å². The van der Waals surface area contributed by atoms with Gasteiger partial charge in [0.05, 0.1) is 18.1 Å². The standard InChI is InChI=1S/C22H30N2O5S/c1-19-4-3-5-21(18-19)29-17-11-23(2)10-16-28-20-6-8-22(9-7-20)30(25,26)24-12-14-27-15-13-24/h3-9,18H,10-17H2,1-2H3.